The van der Waals surface area contributed by atoms with E-state index in [0.717, 1.165) is 31.9 Å². The molecule has 3 rings (SSSR count). The van der Waals surface area contributed by atoms with Crippen LogP contribution in [0.25, 0.3) is 0 Å². The zero-order valence-electron chi connectivity index (χ0n) is 10.6. The number of pyridine rings is 1. The highest BCUT2D eigenvalue weighted by atomic mass is 32.1. The molecule has 3 N–H and O–H groups in total. The second-order valence-electron chi connectivity index (χ2n) is 4.67. The van der Waals surface area contributed by atoms with Gasteiger partial charge in [-0.3, -0.25) is 0 Å². The van der Waals surface area contributed by atoms with Gasteiger partial charge >= 0.3 is 0 Å². The second-order valence-corrected chi connectivity index (χ2v) is 5.81. The van der Waals surface area contributed by atoms with Crippen molar-refractivity contribution in [2.45, 2.75) is 19.0 Å². The van der Waals surface area contributed by atoms with Crippen molar-refractivity contribution in [2.75, 3.05) is 23.7 Å². The largest absolute Gasteiger partial charge is 0.375 e. The molecule has 0 amide bonds. The average Bonchev–Trinajstić information content (AvgIpc) is 3.06. The number of rotatable bonds is 4. The van der Waals surface area contributed by atoms with Gasteiger partial charge in [0.1, 0.15) is 5.82 Å². The fourth-order valence-electron chi connectivity index (χ4n) is 2.33. The fraction of sp³-hybridized carbons (Fsp3) is 0.385. The van der Waals surface area contributed by atoms with Crippen LogP contribution in [0.3, 0.4) is 0 Å². The van der Waals surface area contributed by atoms with Gasteiger partial charge in [-0.2, -0.15) is 0 Å². The lowest BCUT2D eigenvalue weighted by Crippen LogP contribution is -2.32. The Morgan fingerprint density at radius 2 is 2.37 bits per heavy atom. The maximum absolute atomic E-state index is 5.62. The lowest BCUT2D eigenvalue weighted by atomic mass is 10.2. The summed E-state index contributed by atoms with van der Waals surface area (Å²) in [6, 6.07) is 6.55. The topological polar surface area (TPSA) is 67.1 Å². The van der Waals surface area contributed by atoms with Crippen molar-refractivity contribution >= 4 is 22.3 Å². The third kappa shape index (κ3) is 3.02. The van der Waals surface area contributed by atoms with Gasteiger partial charge in [0.2, 0.25) is 0 Å². The lowest BCUT2D eigenvalue weighted by Gasteiger charge is -2.17. The van der Waals surface area contributed by atoms with Crippen molar-refractivity contribution in [3.05, 3.63) is 35.5 Å². The number of nitrogen functional groups attached to an aromatic ring is 1. The number of nitrogens with zero attached hydrogens (tertiary/aromatic N) is 3. The van der Waals surface area contributed by atoms with E-state index in [1.165, 1.54) is 4.88 Å². The molecule has 0 radical (unpaired) electrons. The molecular formula is C13H17N5S. The minimum absolute atomic E-state index is 0.505. The standard InChI is InChI=1S/C13H17N5S/c14-13-17-8-11(19-13)7-16-10-4-6-18(9-10)12-3-1-2-5-15-12/h1-3,5,8,10,16H,4,6-7,9H2,(H2,14,17). The van der Waals surface area contributed by atoms with E-state index in [1.54, 1.807) is 11.3 Å². The first-order valence-corrected chi connectivity index (χ1v) is 7.22. The Bertz CT molecular complexity index is 527. The van der Waals surface area contributed by atoms with E-state index < -0.39 is 0 Å². The molecule has 5 nitrogen and oxygen atoms in total. The first-order valence-electron chi connectivity index (χ1n) is 6.41. The Morgan fingerprint density at radius 1 is 1.42 bits per heavy atom. The van der Waals surface area contributed by atoms with Gasteiger partial charge in [0.25, 0.3) is 0 Å². The van der Waals surface area contributed by atoms with Crippen LogP contribution in [0.2, 0.25) is 0 Å². The number of hydrogen-bond acceptors (Lipinski definition) is 6. The molecule has 0 aliphatic carbocycles. The summed E-state index contributed by atoms with van der Waals surface area (Å²) in [5, 5.41) is 4.19. The van der Waals surface area contributed by atoms with Gasteiger partial charge in [-0.05, 0) is 18.6 Å². The van der Waals surface area contributed by atoms with Gasteiger partial charge in [-0.25, -0.2) is 9.97 Å². The van der Waals surface area contributed by atoms with E-state index in [0.29, 0.717) is 11.2 Å². The number of thiazole rings is 1. The molecule has 1 fully saturated rings. The van der Waals surface area contributed by atoms with Crippen LogP contribution in [-0.4, -0.2) is 29.1 Å². The van der Waals surface area contributed by atoms with Crippen LogP contribution in [0.5, 0.6) is 0 Å². The molecule has 1 aliphatic heterocycles. The minimum Gasteiger partial charge on any atom is -0.375 e. The predicted octanol–water partition coefficient (Wildman–Crippen LogP) is 1.49. The summed E-state index contributed by atoms with van der Waals surface area (Å²) in [7, 11) is 0. The van der Waals surface area contributed by atoms with Gasteiger partial charge in [-0.15, -0.1) is 11.3 Å². The third-order valence-corrected chi connectivity index (χ3v) is 4.12. The molecule has 100 valence electrons. The summed E-state index contributed by atoms with van der Waals surface area (Å²) in [5.74, 6) is 1.06. The van der Waals surface area contributed by atoms with Crippen LogP contribution in [-0.2, 0) is 6.54 Å². The molecule has 0 spiro atoms. The summed E-state index contributed by atoms with van der Waals surface area (Å²) in [4.78, 5) is 12.0. The van der Waals surface area contributed by atoms with Crippen molar-refractivity contribution < 1.29 is 0 Å². The van der Waals surface area contributed by atoms with Crippen LogP contribution in [0.15, 0.2) is 30.6 Å². The number of anilines is 2. The Morgan fingerprint density at radius 3 is 3.11 bits per heavy atom. The normalized spacial score (nSPS) is 18.9. The highest BCUT2D eigenvalue weighted by Gasteiger charge is 2.22. The molecule has 1 unspecified atom stereocenters. The van der Waals surface area contributed by atoms with E-state index in [4.69, 9.17) is 5.73 Å². The minimum atomic E-state index is 0.505. The first-order chi connectivity index (χ1) is 9.31. The predicted molar refractivity (Wildman–Crippen MR) is 78.2 cm³/mol. The Balaban J connectivity index is 1.52. The van der Waals surface area contributed by atoms with Crippen LogP contribution in [0.4, 0.5) is 10.9 Å². The summed E-state index contributed by atoms with van der Waals surface area (Å²) < 4.78 is 0. The van der Waals surface area contributed by atoms with Crippen molar-refractivity contribution in [1.29, 1.82) is 0 Å². The summed E-state index contributed by atoms with van der Waals surface area (Å²) >= 11 is 1.55. The maximum atomic E-state index is 5.62. The SMILES string of the molecule is Nc1ncc(CNC2CCN(c3ccccn3)C2)s1. The molecule has 0 bridgehead atoms. The zero-order valence-corrected chi connectivity index (χ0v) is 11.4. The quantitative estimate of drug-likeness (QED) is 0.885. The number of aromatic nitrogens is 2. The lowest BCUT2D eigenvalue weighted by molar-refractivity contribution is 0.554. The summed E-state index contributed by atoms with van der Waals surface area (Å²) in [6.45, 7) is 2.90. The highest BCUT2D eigenvalue weighted by molar-refractivity contribution is 7.15. The molecule has 1 saturated heterocycles. The fourth-order valence-corrected chi connectivity index (χ4v) is 2.96. The number of nitrogens with one attached hydrogen (secondary N) is 1. The third-order valence-electron chi connectivity index (χ3n) is 3.30. The maximum Gasteiger partial charge on any atom is 0.180 e. The molecule has 1 aliphatic rings. The molecular weight excluding hydrogens is 258 g/mol. The highest BCUT2D eigenvalue weighted by Crippen LogP contribution is 2.19. The van der Waals surface area contributed by atoms with Crippen molar-refractivity contribution in [1.82, 2.24) is 15.3 Å². The summed E-state index contributed by atoms with van der Waals surface area (Å²) in [6.07, 6.45) is 4.83. The number of hydrogen-bond donors (Lipinski definition) is 2. The Labute approximate surface area is 116 Å². The van der Waals surface area contributed by atoms with E-state index in [1.807, 2.05) is 24.5 Å². The van der Waals surface area contributed by atoms with Gasteiger partial charge < -0.3 is 16.0 Å². The van der Waals surface area contributed by atoms with Crippen molar-refractivity contribution in [3.8, 4) is 0 Å². The summed E-state index contributed by atoms with van der Waals surface area (Å²) in [5.41, 5.74) is 5.62. The average molecular weight is 275 g/mol. The van der Waals surface area contributed by atoms with Crippen molar-refractivity contribution in [3.63, 3.8) is 0 Å². The number of nitrogens with two attached hydrogens (primary N) is 1. The monoisotopic (exact) mass is 275 g/mol. The van der Waals surface area contributed by atoms with Crippen LogP contribution in [0.1, 0.15) is 11.3 Å². The molecule has 0 aromatic carbocycles. The van der Waals surface area contributed by atoms with Crippen molar-refractivity contribution in [2.24, 2.45) is 0 Å². The molecule has 2 aromatic heterocycles. The smallest absolute Gasteiger partial charge is 0.180 e. The molecule has 2 aromatic rings. The molecule has 0 saturated carbocycles. The molecule has 6 heteroatoms. The van der Waals surface area contributed by atoms with E-state index in [-0.39, 0.29) is 0 Å². The van der Waals surface area contributed by atoms with Crippen LogP contribution < -0.4 is 16.0 Å². The second kappa shape index (κ2) is 5.54. The Hall–Kier alpha value is -1.66. The van der Waals surface area contributed by atoms with Crippen LogP contribution in [0, 0.1) is 0 Å². The van der Waals surface area contributed by atoms with Gasteiger partial charge in [0.05, 0.1) is 0 Å². The van der Waals surface area contributed by atoms with E-state index in [2.05, 4.69) is 26.3 Å². The van der Waals surface area contributed by atoms with E-state index in [9.17, 15) is 0 Å². The van der Waals surface area contributed by atoms with E-state index >= 15 is 0 Å². The zero-order chi connectivity index (χ0) is 13.1. The van der Waals surface area contributed by atoms with Gasteiger partial charge in [-0.1, -0.05) is 6.07 Å². The molecule has 1 atom stereocenters. The Kier molecular flexibility index (Phi) is 3.61. The first kappa shape index (κ1) is 12.4. The van der Waals surface area contributed by atoms with Gasteiger partial charge in [0, 0.05) is 42.9 Å². The molecule has 19 heavy (non-hydrogen) atoms. The molecule has 3 heterocycles. The van der Waals surface area contributed by atoms with Crippen LogP contribution >= 0.6 is 11.3 Å². The van der Waals surface area contributed by atoms with Gasteiger partial charge in [0.15, 0.2) is 5.13 Å².